The van der Waals surface area contributed by atoms with Crippen molar-refractivity contribution in [1.82, 2.24) is 0 Å². The van der Waals surface area contributed by atoms with Gasteiger partial charge in [0, 0.05) is 19.2 Å². The normalized spacial score (nSPS) is 10.4. The molecule has 0 radical (unpaired) electrons. The summed E-state index contributed by atoms with van der Waals surface area (Å²) in [6.45, 7) is 0.370. The quantitative estimate of drug-likeness (QED) is 0.317. The molecule has 0 atom stereocenters. The molecule has 1 aromatic carbocycles. The Balaban J connectivity index is 2.59. The van der Waals surface area contributed by atoms with Crippen molar-refractivity contribution in [3.63, 3.8) is 0 Å². The van der Waals surface area contributed by atoms with Crippen molar-refractivity contribution < 1.29 is 9.66 Å². The Hall–Kier alpha value is -1.91. The van der Waals surface area contributed by atoms with E-state index in [4.69, 9.17) is 4.74 Å². The van der Waals surface area contributed by atoms with Gasteiger partial charge in [-0.3, -0.25) is 15.1 Å². The molecule has 0 spiro atoms. The second-order valence-electron chi connectivity index (χ2n) is 2.60. The van der Waals surface area contributed by atoms with Crippen LogP contribution in [0.3, 0.4) is 0 Å². The Kier molecular flexibility index (Phi) is 3.60. The molecule has 0 heterocycles. The van der Waals surface area contributed by atoms with Crippen molar-refractivity contribution in [3.05, 3.63) is 39.9 Å². The van der Waals surface area contributed by atoms with E-state index >= 15 is 0 Å². The molecule has 0 unspecified atom stereocenters. The largest absolute Gasteiger partial charge is 0.479 e. The second-order valence-corrected chi connectivity index (χ2v) is 2.60. The summed E-state index contributed by atoms with van der Waals surface area (Å²) in [5.41, 5.74) is 0.952. The van der Waals surface area contributed by atoms with Crippen molar-refractivity contribution in [1.29, 1.82) is 0 Å². The van der Waals surface area contributed by atoms with Crippen molar-refractivity contribution in [3.8, 4) is 0 Å². The van der Waals surface area contributed by atoms with Crippen molar-refractivity contribution in [2.45, 2.75) is 6.61 Å². The number of hydrogen-bond acceptors (Lipinski definition) is 4. The third kappa shape index (κ3) is 2.85. The van der Waals surface area contributed by atoms with E-state index in [0.29, 0.717) is 6.61 Å². The number of rotatable bonds is 4. The monoisotopic (exact) mass is 194 g/mol. The fourth-order valence-corrected chi connectivity index (χ4v) is 0.922. The number of ether oxygens (including phenoxy) is 1. The first-order chi connectivity index (χ1) is 6.74. The van der Waals surface area contributed by atoms with Crippen LogP contribution >= 0.6 is 0 Å². The lowest BCUT2D eigenvalue weighted by Crippen LogP contribution is -1.92. The van der Waals surface area contributed by atoms with E-state index in [1.54, 1.807) is 19.2 Å². The van der Waals surface area contributed by atoms with E-state index in [-0.39, 0.29) is 5.69 Å². The maximum Gasteiger partial charge on any atom is 0.269 e. The van der Waals surface area contributed by atoms with Gasteiger partial charge in [0.05, 0.1) is 4.92 Å². The van der Waals surface area contributed by atoms with E-state index in [1.165, 1.54) is 18.5 Å². The highest BCUT2D eigenvalue weighted by atomic mass is 16.6. The summed E-state index contributed by atoms with van der Waals surface area (Å²) < 4.78 is 5.01. The predicted octanol–water partition coefficient (Wildman–Crippen LogP) is 1.77. The van der Waals surface area contributed by atoms with Crippen LogP contribution in [0.4, 0.5) is 5.69 Å². The molecule has 14 heavy (non-hydrogen) atoms. The van der Waals surface area contributed by atoms with Crippen LogP contribution in [0.25, 0.3) is 0 Å². The van der Waals surface area contributed by atoms with Gasteiger partial charge in [-0.15, -0.1) is 0 Å². The van der Waals surface area contributed by atoms with Crippen LogP contribution in [-0.2, 0) is 11.3 Å². The molecule has 0 fully saturated rings. The Morgan fingerprint density at radius 3 is 2.64 bits per heavy atom. The summed E-state index contributed by atoms with van der Waals surface area (Å²) in [5, 5.41) is 10.3. The summed E-state index contributed by atoms with van der Waals surface area (Å²) >= 11 is 0. The van der Waals surface area contributed by atoms with Crippen LogP contribution < -0.4 is 0 Å². The number of benzene rings is 1. The highest BCUT2D eigenvalue weighted by molar-refractivity contribution is 5.46. The topological polar surface area (TPSA) is 64.7 Å². The molecule has 5 nitrogen and oxygen atoms in total. The van der Waals surface area contributed by atoms with Gasteiger partial charge in [-0.25, -0.2) is 0 Å². The molecule has 0 aliphatic carbocycles. The fourth-order valence-electron chi connectivity index (χ4n) is 0.922. The number of nitro groups is 1. The zero-order valence-electron chi connectivity index (χ0n) is 7.71. The van der Waals surface area contributed by atoms with Gasteiger partial charge in [0.25, 0.3) is 5.69 Å². The molecule has 0 saturated heterocycles. The molecule has 0 amide bonds. The Labute approximate surface area is 81.2 Å². The van der Waals surface area contributed by atoms with E-state index in [0.717, 1.165) is 5.56 Å². The van der Waals surface area contributed by atoms with Crippen LogP contribution in [0.5, 0.6) is 0 Å². The van der Waals surface area contributed by atoms with Gasteiger partial charge in [-0.1, -0.05) is 0 Å². The first-order valence-electron chi connectivity index (χ1n) is 3.99. The Morgan fingerprint density at radius 1 is 1.50 bits per heavy atom. The molecule has 0 aliphatic rings. The summed E-state index contributed by atoms with van der Waals surface area (Å²) in [7, 11) is 1.61. The standard InChI is InChI=1S/C9H10N2O3/c1-10-7-14-6-8-2-4-9(5-3-8)11(12)13/h2-5,7H,6H2,1H3. The highest BCUT2D eigenvalue weighted by Crippen LogP contribution is 2.12. The molecule has 0 aliphatic heterocycles. The molecule has 0 aromatic heterocycles. The SMILES string of the molecule is CN=COCc1ccc([N+](=O)[O-])cc1. The molecule has 0 N–H and O–H groups in total. The van der Waals surface area contributed by atoms with Crippen LogP contribution in [0.1, 0.15) is 5.56 Å². The molecular weight excluding hydrogens is 184 g/mol. The highest BCUT2D eigenvalue weighted by Gasteiger charge is 2.03. The van der Waals surface area contributed by atoms with Gasteiger partial charge >= 0.3 is 0 Å². The van der Waals surface area contributed by atoms with Crippen LogP contribution in [0.2, 0.25) is 0 Å². The van der Waals surface area contributed by atoms with Gasteiger partial charge in [0.2, 0.25) is 0 Å². The number of nitro benzene ring substituents is 1. The molecule has 1 aromatic rings. The van der Waals surface area contributed by atoms with E-state index < -0.39 is 4.92 Å². The third-order valence-corrected chi connectivity index (χ3v) is 1.58. The minimum absolute atomic E-state index is 0.0814. The third-order valence-electron chi connectivity index (χ3n) is 1.58. The van der Waals surface area contributed by atoms with E-state index in [1.807, 2.05) is 0 Å². The van der Waals surface area contributed by atoms with Gasteiger partial charge in [0.1, 0.15) is 6.61 Å². The van der Waals surface area contributed by atoms with Gasteiger partial charge < -0.3 is 4.74 Å². The molecule has 74 valence electrons. The number of nitrogens with zero attached hydrogens (tertiary/aromatic N) is 2. The lowest BCUT2D eigenvalue weighted by molar-refractivity contribution is -0.384. The summed E-state index contributed by atoms with van der Waals surface area (Å²) in [6, 6.07) is 6.20. The number of non-ortho nitro benzene ring substituents is 1. The second kappa shape index (κ2) is 4.96. The van der Waals surface area contributed by atoms with Crippen molar-refractivity contribution in [2.75, 3.05) is 7.05 Å². The first kappa shape index (κ1) is 10.2. The van der Waals surface area contributed by atoms with Crippen LogP contribution in [0.15, 0.2) is 29.3 Å². The average Bonchev–Trinajstić information content (AvgIpc) is 2.19. The Bertz CT molecular complexity index is 332. The summed E-state index contributed by atoms with van der Waals surface area (Å²) in [4.78, 5) is 13.5. The fraction of sp³-hybridized carbons (Fsp3) is 0.222. The first-order valence-corrected chi connectivity index (χ1v) is 3.99. The maximum atomic E-state index is 10.3. The predicted molar refractivity (Wildman–Crippen MR) is 52.3 cm³/mol. The van der Waals surface area contributed by atoms with Crippen LogP contribution in [0, 0.1) is 10.1 Å². The zero-order chi connectivity index (χ0) is 10.4. The Morgan fingerprint density at radius 2 is 2.14 bits per heavy atom. The smallest absolute Gasteiger partial charge is 0.269 e. The summed E-state index contributed by atoms with van der Waals surface area (Å²) in [6.07, 6.45) is 1.33. The summed E-state index contributed by atoms with van der Waals surface area (Å²) in [5.74, 6) is 0. The maximum absolute atomic E-state index is 10.3. The molecule has 5 heteroatoms. The zero-order valence-corrected chi connectivity index (χ0v) is 7.71. The molecule has 0 bridgehead atoms. The molecule has 1 rings (SSSR count). The number of aliphatic imine (C=N–C) groups is 1. The van der Waals surface area contributed by atoms with Crippen molar-refractivity contribution >= 4 is 12.1 Å². The van der Waals surface area contributed by atoms with Crippen LogP contribution in [-0.4, -0.2) is 18.4 Å². The average molecular weight is 194 g/mol. The van der Waals surface area contributed by atoms with E-state index in [9.17, 15) is 10.1 Å². The molecule has 0 saturated carbocycles. The van der Waals surface area contributed by atoms with Gasteiger partial charge in [-0.05, 0) is 17.7 Å². The lowest BCUT2D eigenvalue weighted by Gasteiger charge is -1.99. The van der Waals surface area contributed by atoms with Gasteiger partial charge in [0.15, 0.2) is 6.40 Å². The van der Waals surface area contributed by atoms with E-state index in [2.05, 4.69) is 4.99 Å². The van der Waals surface area contributed by atoms with Crippen molar-refractivity contribution in [2.24, 2.45) is 4.99 Å². The minimum atomic E-state index is -0.432. The number of hydrogen-bond donors (Lipinski definition) is 0. The van der Waals surface area contributed by atoms with Gasteiger partial charge in [-0.2, -0.15) is 0 Å². The minimum Gasteiger partial charge on any atom is -0.479 e. The lowest BCUT2D eigenvalue weighted by atomic mass is 10.2. The molecular formula is C9H10N2O3.